The van der Waals surface area contributed by atoms with Crippen molar-refractivity contribution in [3.05, 3.63) is 53.3 Å². The highest BCUT2D eigenvalue weighted by molar-refractivity contribution is 5.70. The summed E-state index contributed by atoms with van der Waals surface area (Å²) in [7, 11) is 1.43. The van der Waals surface area contributed by atoms with E-state index in [0.717, 1.165) is 24.1 Å². The predicted molar refractivity (Wildman–Crippen MR) is 99.3 cm³/mol. The van der Waals surface area contributed by atoms with Crippen LogP contribution >= 0.6 is 0 Å². The van der Waals surface area contributed by atoms with E-state index in [-0.39, 0.29) is 18.6 Å². The maximum atomic E-state index is 14.4. The number of carboxylic acids is 1. The Morgan fingerprint density at radius 1 is 1.21 bits per heavy atom. The Balaban J connectivity index is 1.74. The summed E-state index contributed by atoms with van der Waals surface area (Å²) in [6, 6.07) is 10.2. The van der Waals surface area contributed by atoms with Crippen molar-refractivity contribution in [2.75, 3.05) is 27.0 Å². The number of halogens is 1. The minimum atomic E-state index is -0.796. The number of benzene rings is 2. The number of ether oxygens (including phenoxy) is 3. The Labute approximate surface area is 162 Å². The maximum Gasteiger partial charge on any atom is 0.307 e. The fourth-order valence-corrected chi connectivity index (χ4v) is 3.99. The molecule has 0 amide bonds. The molecule has 2 aliphatic heterocycles. The molecule has 2 aromatic carbocycles. The fourth-order valence-electron chi connectivity index (χ4n) is 3.99. The van der Waals surface area contributed by atoms with Crippen molar-refractivity contribution in [3.63, 3.8) is 0 Å². The first-order valence-corrected chi connectivity index (χ1v) is 9.26. The van der Waals surface area contributed by atoms with Gasteiger partial charge in [0.05, 0.1) is 19.1 Å². The Hall–Kier alpha value is -2.80. The molecule has 0 bridgehead atoms. The van der Waals surface area contributed by atoms with Gasteiger partial charge in [-0.2, -0.15) is 0 Å². The van der Waals surface area contributed by atoms with E-state index < -0.39 is 17.7 Å². The van der Waals surface area contributed by atoms with Gasteiger partial charge in [-0.25, -0.2) is 4.39 Å². The van der Waals surface area contributed by atoms with Crippen LogP contribution in [0.5, 0.6) is 17.2 Å². The molecule has 1 fully saturated rings. The van der Waals surface area contributed by atoms with Crippen LogP contribution in [0.4, 0.5) is 4.39 Å². The summed E-state index contributed by atoms with van der Waals surface area (Å²) in [4.78, 5) is 13.6. The second kappa shape index (κ2) is 7.67. The number of methoxy groups -OCH3 is 1. The molecule has 0 aliphatic carbocycles. The van der Waals surface area contributed by atoms with Gasteiger partial charge in [0.1, 0.15) is 0 Å². The highest BCUT2D eigenvalue weighted by Crippen LogP contribution is 2.39. The molecule has 0 spiro atoms. The lowest BCUT2D eigenvalue weighted by molar-refractivity contribution is -0.143. The molecular formula is C21H22FNO5. The molecule has 28 heavy (non-hydrogen) atoms. The number of carboxylic acid groups (broad SMARTS) is 1. The normalized spacial score (nSPS) is 20.0. The Morgan fingerprint density at radius 2 is 1.96 bits per heavy atom. The van der Waals surface area contributed by atoms with Gasteiger partial charge in [0.2, 0.25) is 6.79 Å². The van der Waals surface area contributed by atoms with Crippen molar-refractivity contribution in [1.82, 2.24) is 4.90 Å². The van der Waals surface area contributed by atoms with Crippen LogP contribution in [0.3, 0.4) is 0 Å². The standard InChI is InChI=1S/C21H22FNO5/c1-26-17-6-4-13(9-16(17)22)20(23-8-2-3-15(11-23)21(24)25)14-5-7-18-19(10-14)28-12-27-18/h4-7,9-10,15,20H,2-3,8,11-12H2,1H3,(H,24,25). The van der Waals surface area contributed by atoms with Gasteiger partial charge in [-0.15, -0.1) is 0 Å². The zero-order chi connectivity index (χ0) is 19.7. The summed E-state index contributed by atoms with van der Waals surface area (Å²) in [5.41, 5.74) is 1.64. The van der Waals surface area contributed by atoms with E-state index in [1.165, 1.54) is 13.2 Å². The Kier molecular flexibility index (Phi) is 5.09. The van der Waals surface area contributed by atoms with Crippen LogP contribution in [0, 0.1) is 11.7 Å². The number of likely N-dealkylation sites (tertiary alicyclic amines) is 1. The molecule has 148 valence electrons. The quantitative estimate of drug-likeness (QED) is 0.848. The molecule has 2 aliphatic rings. The molecular weight excluding hydrogens is 365 g/mol. The molecule has 1 N–H and O–H groups in total. The molecule has 0 aromatic heterocycles. The molecule has 0 radical (unpaired) electrons. The molecule has 2 atom stereocenters. The summed E-state index contributed by atoms with van der Waals surface area (Å²) in [6.45, 7) is 1.31. The van der Waals surface area contributed by atoms with Crippen molar-refractivity contribution in [3.8, 4) is 17.2 Å². The number of aliphatic carboxylic acids is 1. The molecule has 1 saturated heterocycles. The molecule has 7 heteroatoms. The number of piperidine rings is 1. The SMILES string of the molecule is COc1ccc(C(c2ccc3c(c2)OCO3)N2CCCC(C(=O)O)C2)cc1F. The predicted octanol–water partition coefficient (Wildman–Crippen LogP) is 3.45. The van der Waals surface area contributed by atoms with Gasteiger partial charge < -0.3 is 19.3 Å². The third kappa shape index (κ3) is 3.49. The lowest BCUT2D eigenvalue weighted by Gasteiger charge is -2.37. The van der Waals surface area contributed by atoms with Crippen LogP contribution in [-0.2, 0) is 4.79 Å². The first kappa shape index (κ1) is 18.6. The third-order valence-corrected chi connectivity index (χ3v) is 5.37. The summed E-state index contributed by atoms with van der Waals surface area (Å²) in [5, 5.41) is 9.48. The summed E-state index contributed by atoms with van der Waals surface area (Å²) in [6.07, 6.45) is 1.42. The number of rotatable bonds is 5. The van der Waals surface area contributed by atoms with E-state index in [1.807, 2.05) is 24.3 Å². The van der Waals surface area contributed by atoms with Crippen LogP contribution in [-0.4, -0.2) is 43.0 Å². The van der Waals surface area contributed by atoms with Crippen LogP contribution in [0.25, 0.3) is 0 Å². The van der Waals surface area contributed by atoms with Crippen molar-refractivity contribution >= 4 is 5.97 Å². The van der Waals surface area contributed by atoms with Crippen molar-refractivity contribution in [2.24, 2.45) is 5.92 Å². The first-order chi connectivity index (χ1) is 13.6. The molecule has 2 heterocycles. The van der Waals surface area contributed by atoms with Gasteiger partial charge in [-0.1, -0.05) is 12.1 Å². The highest BCUT2D eigenvalue weighted by Gasteiger charge is 2.32. The molecule has 6 nitrogen and oxygen atoms in total. The number of nitrogens with zero attached hydrogens (tertiary/aromatic N) is 1. The van der Waals surface area contributed by atoms with Crippen LogP contribution < -0.4 is 14.2 Å². The van der Waals surface area contributed by atoms with Gasteiger partial charge in [-0.3, -0.25) is 9.69 Å². The third-order valence-electron chi connectivity index (χ3n) is 5.37. The van der Waals surface area contributed by atoms with Gasteiger partial charge in [0.15, 0.2) is 23.1 Å². The minimum absolute atomic E-state index is 0.172. The van der Waals surface area contributed by atoms with E-state index in [9.17, 15) is 14.3 Å². The van der Waals surface area contributed by atoms with Gasteiger partial charge in [0.25, 0.3) is 0 Å². The summed E-state index contributed by atoms with van der Waals surface area (Å²) in [5.74, 6) is -0.190. The largest absolute Gasteiger partial charge is 0.494 e. The number of fused-ring (bicyclic) bond motifs is 1. The highest BCUT2D eigenvalue weighted by atomic mass is 19.1. The number of hydrogen-bond donors (Lipinski definition) is 1. The zero-order valence-corrected chi connectivity index (χ0v) is 15.6. The van der Waals surface area contributed by atoms with Crippen LogP contribution in [0.1, 0.15) is 30.0 Å². The van der Waals surface area contributed by atoms with Crippen LogP contribution in [0.15, 0.2) is 36.4 Å². The second-order valence-electron chi connectivity index (χ2n) is 7.08. The van der Waals surface area contributed by atoms with E-state index in [0.29, 0.717) is 24.5 Å². The second-order valence-corrected chi connectivity index (χ2v) is 7.08. The van der Waals surface area contributed by atoms with E-state index in [4.69, 9.17) is 14.2 Å². The molecule has 2 unspecified atom stereocenters. The van der Waals surface area contributed by atoms with E-state index in [2.05, 4.69) is 4.90 Å². The van der Waals surface area contributed by atoms with Crippen molar-refractivity contribution in [2.45, 2.75) is 18.9 Å². The number of hydrogen-bond acceptors (Lipinski definition) is 5. The summed E-state index contributed by atoms with van der Waals surface area (Å²) < 4.78 is 30.4. The average Bonchev–Trinajstić information content (AvgIpc) is 3.16. The van der Waals surface area contributed by atoms with Gasteiger partial charge in [0, 0.05) is 6.54 Å². The van der Waals surface area contributed by atoms with E-state index >= 15 is 0 Å². The minimum Gasteiger partial charge on any atom is -0.494 e. The van der Waals surface area contributed by atoms with Gasteiger partial charge >= 0.3 is 5.97 Å². The van der Waals surface area contributed by atoms with Crippen molar-refractivity contribution < 1.29 is 28.5 Å². The van der Waals surface area contributed by atoms with Crippen LogP contribution in [0.2, 0.25) is 0 Å². The maximum absolute atomic E-state index is 14.4. The Bertz CT molecular complexity index is 887. The lowest BCUT2D eigenvalue weighted by Crippen LogP contribution is -2.41. The van der Waals surface area contributed by atoms with Crippen molar-refractivity contribution in [1.29, 1.82) is 0 Å². The van der Waals surface area contributed by atoms with Gasteiger partial charge in [-0.05, 0) is 54.8 Å². The summed E-state index contributed by atoms with van der Waals surface area (Å²) >= 11 is 0. The lowest BCUT2D eigenvalue weighted by atomic mass is 9.91. The number of carbonyl (C=O) groups is 1. The molecule has 0 saturated carbocycles. The first-order valence-electron chi connectivity index (χ1n) is 9.26. The zero-order valence-electron chi connectivity index (χ0n) is 15.6. The molecule has 4 rings (SSSR count). The average molecular weight is 387 g/mol. The smallest absolute Gasteiger partial charge is 0.307 e. The Morgan fingerprint density at radius 3 is 2.71 bits per heavy atom. The fraction of sp³-hybridized carbons (Fsp3) is 0.381. The monoisotopic (exact) mass is 387 g/mol. The molecule has 2 aromatic rings. The van der Waals surface area contributed by atoms with E-state index in [1.54, 1.807) is 6.07 Å². The topological polar surface area (TPSA) is 68.2 Å².